The van der Waals surface area contributed by atoms with Crippen molar-refractivity contribution in [2.45, 2.75) is 26.8 Å². The molecule has 0 aromatic heterocycles. The highest BCUT2D eigenvalue weighted by atomic mass is 15.3. The molecule has 0 radical (unpaired) electrons. The maximum absolute atomic E-state index is 4.19. The van der Waals surface area contributed by atoms with E-state index < -0.39 is 0 Å². The first-order chi connectivity index (χ1) is 6.59. The van der Waals surface area contributed by atoms with Crippen molar-refractivity contribution in [3.8, 4) is 0 Å². The number of fused-ring (bicyclic) bond motifs is 1. The van der Waals surface area contributed by atoms with Gasteiger partial charge in [0.2, 0.25) is 0 Å². The monoisotopic (exact) mass is 188 g/mol. The zero-order chi connectivity index (χ0) is 10.2. The first-order valence-corrected chi connectivity index (χ1v) is 4.96. The van der Waals surface area contributed by atoms with Gasteiger partial charge in [-0.2, -0.15) is 5.10 Å². The Bertz CT molecular complexity index is 361. The molecule has 14 heavy (non-hydrogen) atoms. The van der Waals surface area contributed by atoms with Crippen LogP contribution in [0.15, 0.2) is 29.4 Å². The Hall–Kier alpha value is -1.31. The second-order valence-electron chi connectivity index (χ2n) is 4.82. The highest BCUT2D eigenvalue weighted by Gasteiger charge is 2.28. The quantitative estimate of drug-likeness (QED) is 0.665. The fourth-order valence-electron chi connectivity index (χ4n) is 1.80. The maximum atomic E-state index is 4.19. The molecule has 2 heteroatoms. The molecule has 1 N–H and O–H groups in total. The van der Waals surface area contributed by atoms with Crippen molar-refractivity contribution >= 4 is 6.21 Å². The highest BCUT2D eigenvalue weighted by molar-refractivity contribution is 5.82. The number of hydrazone groups is 1. The predicted octanol–water partition coefficient (Wildman–Crippen LogP) is 2.71. The van der Waals surface area contributed by atoms with E-state index in [0.717, 1.165) is 0 Å². The largest absolute Gasteiger partial charge is 0.302 e. The molecule has 0 spiro atoms. The number of benzene rings is 1. The molecular formula is C12H16N2. The molecule has 1 aromatic rings. The molecule has 1 aromatic carbocycles. The van der Waals surface area contributed by atoms with Gasteiger partial charge in [-0.05, 0) is 16.5 Å². The minimum atomic E-state index is 0.188. The van der Waals surface area contributed by atoms with Crippen LogP contribution in [0.5, 0.6) is 0 Å². The lowest BCUT2D eigenvalue weighted by Crippen LogP contribution is -2.32. The summed E-state index contributed by atoms with van der Waals surface area (Å²) in [4.78, 5) is 0. The van der Waals surface area contributed by atoms with Crippen LogP contribution in [0.2, 0.25) is 0 Å². The van der Waals surface area contributed by atoms with E-state index >= 15 is 0 Å². The molecule has 1 aliphatic heterocycles. The van der Waals surface area contributed by atoms with Gasteiger partial charge in [-0.25, -0.2) is 0 Å². The SMILES string of the molecule is CC(C)(C)C1NN=Cc2ccccc21. The van der Waals surface area contributed by atoms with Gasteiger partial charge in [0.25, 0.3) is 0 Å². The van der Waals surface area contributed by atoms with Crippen LogP contribution >= 0.6 is 0 Å². The Balaban J connectivity index is 2.46. The molecule has 0 saturated heterocycles. The third kappa shape index (κ3) is 1.52. The molecule has 1 heterocycles. The van der Waals surface area contributed by atoms with E-state index in [9.17, 15) is 0 Å². The molecule has 0 amide bonds. The molecule has 2 nitrogen and oxygen atoms in total. The van der Waals surface area contributed by atoms with E-state index in [4.69, 9.17) is 0 Å². The van der Waals surface area contributed by atoms with E-state index in [2.05, 4.69) is 55.6 Å². The van der Waals surface area contributed by atoms with E-state index in [1.165, 1.54) is 11.1 Å². The van der Waals surface area contributed by atoms with Crippen molar-refractivity contribution in [3.63, 3.8) is 0 Å². The normalized spacial score (nSPS) is 20.1. The molecule has 0 bridgehead atoms. The van der Waals surface area contributed by atoms with Crippen LogP contribution < -0.4 is 5.43 Å². The molecule has 0 saturated carbocycles. The van der Waals surface area contributed by atoms with Crippen molar-refractivity contribution in [3.05, 3.63) is 35.4 Å². The van der Waals surface area contributed by atoms with Crippen LogP contribution in [0.25, 0.3) is 0 Å². The summed E-state index contributed by atoms with van der Waals surface area (Å²) in [5.41, 5.74) is 5.94. The van der Waals surface area contributed by atoms with Crippen LogP contribution in [0.4, 0.5) is 0 Å². The van der Waals surface area contributed by atoms with Crippen LogP contribution in [-0.4, -0.2) is 6.21 Å². The van der Waals surface area contributed by atoms with Crippen molar-refractivity contribution in [1.29, 1.82) is 0 Å². The fraction of sp³-hybridized carbons (Fsp3) is 0.417. The lowest BCUT2D eigenvalue weighted by Gasteiger charge is -2.33. The lowest BCUT2D eigenvalue weighted by atomic mass is 9.81. The van der Waals surface area contributed by atoms with Crippen LogP contribution in [0.1, 0.15) is 37.9 Å². The first kappa shape index (κ1) is 9.25. The zero-order valence-corrected chi connectivity index (χ0v) is 8.91. The number of rotatable bonds is 0. The third-order valence-corrected chi connectivity index (χ3v) is 2.58. The molecule has 2 rings (SSSR count). The van der Waals surface area contributed by atoms with E-state index in [-0.39, 0.29) is 5.41 Å². The summed E-state index contributed by atoms with van der Waals surface area (Å²) in [6.45, 7) is 6.67. The van der Waals surface area contributed by atoms with Gasteiger partial charge in [-0.3, -0.25) is 0 Å². The van der Waals surface area contributed by atoms with Gasteiger partial charge < -0.3 is 5.43 Å². The van der Waals surface area contributed by atoms with Gasteiger partial charge in [0.15, 0.2) is 0 Å². The third-order valence-electron chi connectivity index (χ3n) is 2.58. The van der Waals surface area contributed by atoms with Gasteiger partial charge in [0.1, 0.15) is 0 Å². The number of hydrogen-bond donors (Lipinski definition) is 1. The number of nitrogens with zero attached hydrogens (tertiary/aromatic N) is 1. The first-order valence-electron chi connectivity index (χ1n) is 4.96. The van der Waals surface area contributed by atoms with Crippen molar-refractivity contribution in [2.75, 3.05) is 0 Å². The summed E-state index contributed by atoms with van der Waals surface area (Å²) in [7, 11) is 0. The van der Waals surface area contributed by atoms with E-state index in [1.54, 1.807) is 0 Å². The Morgan fingerprint density at radius 2 is 1.93 bits per heavy atom. The summed E-state index contributed by atoms with van der Waals surface area (Å²) in [6, 6.07) is 8.72. The van der Waals surface area contributed by atoms with E-state index in [0.29, 0.717) is 6.04 Å². The number of nitrogens with one attached hydrogen (secondary N) is 1. The Labute approximate surface area is 85.0 Å². The minimum Gasteiger partial charge on any atom is -0.302 e. The minimum absolute atomic E-state index is 0.188. The van der Waals surface area contributed by atoms with Crippen molar-refractivity contribution in [1.82, 2.24) is 5.43 Å². The second-order valence-corrected chi connectivity index (χ2v) is 4.82. The second kappa shape index (κ2) is 3.12. The van der Waals surface area contributed by atoms with Gasteiger partial charge in [-0.15, -0.1) is 0 Å². The van der Waals surface area contributed by atoms with Gasteiger partial charge in [0, 0.05) is 0 Å². The molecule has 0 aliphatic carbocycles. The summed E-state index contributed by atoms with van der Waals surface area (Å²) in [6.07, 6.45) is 1.89. The average Bonchev–Trinajstić information content (AvgIpc) is 2.15. The lowest BCUT2D eigenvalue weighted by molar-refractivity contribution is 0.274. The Kier molecular flexibility index (Phi) is 2.06. The summed E-state index contributed by atoms with van der Waals surface area (Å²) in [5, 5.41) is 4.19. The number of hydrogen-bond acceptors (Lipinski definition) is 2. The van der Waals surface area contributed by atoms with Gasteiger partial charge in [0.05, 0.1) is 12.3 Å². The molecule has 1 atom stereocenters. The molecule has 0 fully saturated rings. The Morgan fingerprint density at radius 3 is 2.64 bits per heavy atom. The molecule has 1 aliphatic rings. The fourth-order valence-corrected chi connectivity index (χ4v) is 1.80. The summed E-state index contributed by atoms with van der Waals surface area (Å²) in [5.74, 6) is 0. The topological polar surface area (TPSA) is 24.4 Å². The Morgan fingerprint density at radius 1 is 1.21 bits per heavy atom. The van der Waals surface area contributed by atoms with E-state index in [1.807, 2.05) is 6.21 Å². The maximum Gasteiger partial charge on any atom is 0.0744 e. The van der Waals surface area contributed by atoms with Crippen LogP contribution in [0, 0.1) is 5.41 Å². The highest BCUT2D eigenvalue weighted by Crippen LogP contribution is 2.35. The summed E-state index contributed by atoms with van der Waals surface area (Å²) >= 11 is 0. The van der Waals surface area contributed by atoms with Gasteiger partial charge >= 0.3 is 0 Å². The molecular weight excluding hydrogens is 172 g/mol. The van der Waals surface area contributed by atoms with Crippen molar-refractivity contribution in [2.24, 2.45) is 10.5 Å². The summed E-state index contributed by atoms with van der Waals surface area (Å²) < 4.78 is 0. The van der Waals surface area contributed by atoms with Gasteiger partial charge in [-0.1, -0.05) is 45.0 Å². The standard InChI is InChI=1S/C12H16N2/c1-12(2,3)11-10-7-5-4-6-9(10)8-13-14-11/h4-8,11,14H,1-3H3. The van der Waals surface area contributed by atoms with Crippen LogP contribution in [-0.2, 0) is 0 Å². The zero-order valence-electron chi connectivity index (χ0n) is 8.91. The van der Waals surface area contributed by atoms with Crippen LogP contribution in [0.3, 0.4) is 0 Å². The smallest absolute Gasteiger partial charge is 0.0744 e. The van der Waals surface area contributed by atoms with Crippen molar-refractivity contribution < 1.29 is 0 Å². The predicted molar refractivity (Wildman–Crippen MR) is 59.4 cm³/mol. The molecule has 74 valence electrons. The average molecular weight is 188 g/mol. The molecule has 1 unspecified atom stereocenters.